The maximum absolute atomic E-state index is 12.1. The fraction of sp³-hybridized carbons (Fsp3) is 0.286. The van der Waals surface area contributed by atoms with Crippen molar-refractivity contribution in [1.82, 2.24) is 10.5 Å². The van der Waals surface area contributed by atoms with Crippen molar-refractivity contribution in [2.24, 2.45) is 0 Å². The van der Waals surface area contributed by atoms with Gasteiger partial charge in [0.1, 0.15) is 17.7 Å². The number of carbonyl (C=O) groups excluding carboxylic acids is 1. The van der Waals surface area contributed by atoms with Crippen LogP contribution in [0.15, 0.2) is 45.6 Å². The average Bonchev–Trinajstić information content (AvgIpc) is 2.95. The number of nitrogens with zero attached hydrogens (tertiary/aromatic N) is 1. The van der Waals surface area contributed by atoms with Crippen molar-refractivity contribution in [2.75, 3.05) is 0 Å². The maximum Gasteiger partial charge on any atom is 0.261 e. The molecule has 0 saturated heterocycles. The zero-order chi connectivity index (χ0) is 14.5. The molecule has 0 unspecified atom stereocenters. The Kier molecular flexibility index (Phi) is 4.79. The summed E-state index contributed by atoms with van der Waals surface area (Å²) in [5.74, 6) is 0.417. The number of amides is 1. The summed E-state index contributed by atoms with van der Waals surface area (Å²) in [7, 11) is 0. The molecular weight excluding hydrogens is 324 g/mol. The van der Waals surface area contributed by atoms with Crippen LogP contribution in [-0.4, -0.2) is 17.2 Å². The van der Waals surface area contributed by atoms with E-state index in [-0.39, 0.29) is 11.9 Å². The van der Waals surface area contributed by atoms with Crippen LogP contribution >= 0.6 is 15.9 Å². The van der Waals surface area contributed by atoms with Crippen LogP contribution in [0, 0.1) is 0 Å². The molecule has 0 aliphatic rings. The maximum atomic E-state index is 12.1. The molecule has 0 radical (unpaired) electrons. The van der Waals surface area contributed by atoms with Gasteiger partial charge in [0.25, 0.3) is 5.91 Å². The van der Waals surface area contributed by atoms with Gasteiger partial charge in [0.2, 0.25) is 0 Å². The number of benzene rings is 1. The second-order valence-corrected chi connectivity index (χ2v) is 5.20. The third-order valence-corrected chi connectivity index (χ3v) is 3.42. The third kappa shape index (κ3) is 3.60. The van der Waals surface area contributed by atoms with Crippen LogP contribution in [0.4, 0.5) is 0 Å². The average molecular weight is 339 g/mol. The fourth-order valence-corrected chi connectivity index (χ4v) is 2.01. The number of carbonyl (C=O) groups is 1. The van der Waals surface area contributed by atoms with E-state index in [0.717, 1.165) is 4.47 Å². The van der Waals surface area contributed by atoms with Gasteiger partial charge in [0.05, 0.1) is 10.5 Å². The van der Waals surface area contributed by atoms with Crippen molar-refractivity contribution in [2.45, 2.75) is 26.0 Å². The Morgan fingerprint density at radius 3 is 2.75 bits per heavy atom. The number of para-hydroxylation sites is 1. The Morgan fingerprint density at radius 1 is 1.35 bits per heavy atom. The van der Waals surface area contributed by atoms with Gasteiger partial charge in [-0.2, -0.15) is 0 Å². The van der Waals surface area contributed by atoms with Crippen LogP contribution in [0.25, 0.3) is 0 Å². The number of rotatable bonds is 5. The molecule has 1 heterocycles. The molecule has 5 nitrogen and oxygen atoms in total. The van der Waals surface area contributed by atoms with Crippen LogP contribution in [0.2, 0.25) is 0 Å². The number of nitrogens with one attached hydrogen (secondary N) is 1. The number of hydrogen-bond acceptors (Lipinski definition) is 4. The monoisotopic (exact) mass is 338 g/mol. The van der Waals surface area contributed by atoms with E-state index in [1.165, 1.54) is 6.26 Å². The molecule has 2 rings (SSSR count). The Labute approximate surface area is 125 Å². The Balaban J connectivity index is 1.94. The topological polar surface area (TPSA) is 64.4 Å². The number of aromatic nitrogens is 1. The molecular formula is C14H15BrN2O3. The SMILES string of the molecule is C[C@@H](Oc1ccccc1Br)C(=O)N[C@H](C)c1ccon1. The zero-order valence-corrected chi connectivity index (χ0v) is 12.8. The molecule has 0 saturated carbocycles. The van der Waals surface area contributed by atoms with E-state index in [1.54, 1.807) is 19.1 Å². The van der Waals surface area contributed by atoms with E-state index < -0.39 is 6.10 Å². The zero-order valence-electron chi connectivity index (χ0n) is 11.2. The molecule has 106 valence electrons. The minimum absolute atomic E-state index is 0.212. The van der Waals surface area contributed by atoms with Crippen molar-refractivity contribution in [3.05, 3.63) is 46.8 Å². The minimum Gasteiger partial charge on any atom is -0.480 e. The van der Waals surface area contributed by atoms with Gasteiger partial charge in [-0.1, -0.05) is 17.3 Å². The van der Waals surface area contributed by atoms with Crippen LogP contribution in [0.1, 0.15) is 25.6 Å². The number of halogens is 1. The first-order valence-corrected chi connectivity index (χ1v) is 6.99. The molecule has 2 atom stereocenters. The smallest absolute Gasteiger partial charge is 0.261 e. The molecule has 1 amide bonds. The highest BCUT2D eigenvalue weighted by Crippen LogP contribution is 2.24. The van der Waals surface area contributed by atoms with Crippen molar-refractivity contribution in [3.63, 3.8) is 0 Å². The second-order valence-electron chi connectivity index (χ2n) is 4.35. The second kappa shape index (κ2) is 6.56. The van der Waals surface area contributed by atoms with E-state index in [9.17, 15) is 4.79 Å². The van der Waals surface area contributed by atoms with Gasteiger partial charge in [0, 0.05) is 6.07 Å². The standard InChI is InChI=1S/C14H15BrN2O3/c1-9(12-7-8-19-17-12)16-14(18)10(2)20-13-6-4-3-5-11(13)15/h3-10H,1-2H3,(H,16,18)/t9-,10-/m1/s1. The summed E-state index contributed by atoms with van der Waals surface area (Å²) in [6.45, 7) is 3.53. The molecule has 20 heavy (non-hydrogen) atoms. The highest BCUT2D eigenvalue weighted by Gasteiger charge is 2.19. The summed E-state index contributed by atoms with van der Waals surface area (Å²) in [5.41, 5.74) is 0.673. The van der Waals surface area contributed by atoms with E-state index in [2.05, 4.69) is 26.4 Å². The fourth-order valence-electron chi connectivity index (χ4n) is 1.63. The Bertz CT molecular complexity index is 572. The molecule has 0 spiro atoms. The largest absolute Gasteiger partial charge is 0.480 e. The molecule has 1 N–H and O–H groups in total. The molecule has 0 bridgehead atoms. The predicted molar refractivity (Wildman–Crippen MR) is 77.3 cm³/mol. The number of ether oxygens (including phenoxy) is 1. The van der Waals surface area contributed by atoms with Gasteiger partial charge in [0.15, 0.2) is 6.10 Å². The van der Waals surface area contributed by atoms with Gasteiger partial charge in [-0.05, 0) is 41.9 Å². The van der Waals surface area contributed by atoms with Gasteiger partial charge in [-0.3, -0.25) is 4.79 Å². The van der Waals surface area contributed by atoms with Crippen LogP contribution in [-0.2, 0) is 4.79 Å². The van der Waals surface area contributed by atoms with Crippen molar-refractivity contribution < 1.29 is 14.1 Å². The lowest BCUT2D eigenvalue weighted by atomic mass is 10.2. The lowest BCUT2D eigenvalue weighted by Gasteiger charge is -2.18. The molecule has 1 aromatic heterocycles. The summed E-state index contributed by atoms with van der Waals surface area (Å²) in [4.78, 5) is 12.1. The summed E-state index contributed by atoms with van der Waals surface area (Å²) >= 11 is 3.38. The van der Waals surface area contributed by atoms with Crippen molar-refractivity contribution in [3.8, 4) is 5.75 Å². The number of hydrogen-bond donors (Lipinski definition) is 1. The Morgan fingerprint density at radius 2 is 2.10 bits per heavy atom. The van der Waals surface area contributed by atoms with Gasteiger partial charge in [-0.25, -0.2) is 0 Å². The molecule has 0 fully saturated rings. The van der Waals surface area contributed by atoms with E-state index in [4.69, 9.17) is 9.26 Å². The highest BCUT2D eigenvalue weighted by molar-refractivity contribution is 9.10. The quantitative estimate of drug-likeness (QED) is 0.909. The van der Waals surface area contributed by atoms with Crippen LogP contribution < -0.4 is 10.1 Å². The predicted octanol–water partition coefficient (Wildman–Crippen LogP) is 3.08. The van der Waals surface area contributed by atoms with Crippen molar-refractivity contribution >= 4 is 21.8 Å². The molecule has 6 heteroatoms. The molecule has 2 aromatic rings. The van der Waals surface area contributed by atoms with E-state index in [0.29, 0.717) is 11.4 Å². The Hall–Kier alpha value is -1.82. The summed E-state index contributed by atoms with van der Waals surface area (Å²) in [6.07, 6.45) is 0.863. The lowest BCUT2D eigenvalue weighted by molar-refractivity contribution is -0.128. The lowest BCUT2D eigenvalue weighted by Crippen LogP contribution is -2.37. The van der Waals surface area contributed by atoms with Crippen LogP contribution in [0.5, 0.6) is 5.75 Å². The normalized spacial score (nSPS) is 13.6. The first-order chi connectivity index (χ1) is 9.58. The minimum atomic E-state index is -0.608. The highest BCUT2D eigenvalue weighted by atomic mass is 79.9. The van der Waals surface area contributed by atoms with Gasteiger partial charge < -0.3 is 14.6 Å². The first-order valence-electron chi connectivity index (χ1n) is 6.19. The van der Waals surface area contributed by atoms with Crippen LogP contribution in [0.3, 0.4) is 0 Å². The third-order valence-electron chi connectivity index (χ3n) is 2.77. The van der Waals surface area contributed by atoms with Crippen molar-refractivity contribution in [1.29, 1.82) is 0 Å². The summed E-state index contributed by atoms with van der Waals surface area (Å²) in [6, 6.07) is 8.88. The molecule has 0 aliphatic heterocycles. The van der Waals surface area contributed by atoms with E-state index >= 15 is 0 Å². The summed E-state index contributed by atoms with van der Waals surface area (Å²) < 4.78 is 11.2. The first kappa shape index (κ1) is 14.6. The van der Waals surface area contributed by atoms with E-state index in [1.807, 2.05) is 25.1 Å². The molecule has 1 aromatic carbocycles. The molecule has 0 aliphatic carbocycles. The van der Waals surface area contributed by atoms with Gasteiger partial charge >= 0.3 is 0 Å². The summed E-state index contributed by atoms with van der Waals surface area (Å²) in [5, 5.41) is 6.61. The van der Waals surface area contributed by atoms with Gasteiger partial charge in [-0.15, -0.1) is 0 Å².